The summed E-state index contributed by atoms with van der Waals surface area (Å²) in [5.41, 5.74) is 12.7. The highest BCUT2D eigenvalue weighted by Gasteiger charge is 2.29. The molecule has 128 valence electrons. The highest BCUT2D eigenvalue weighted by Crippen LogP contribution is 2.35. The van der Waals surface area contributed by atoms with E-state index in [1.807, 2.05) is 30.2 Å². The summed E-state index contributed by atoms with van der Waals surface area (Å²) < 4.78 is 2.03. The summed E-state index contributed by atoms with van der Waals surface area (Å²) in [4.78, 5) is 14.8. The molecule has 1 aliphatic rings. The van der Waals surface area contributed by atoms with Crippen LogP contribution < -0.4 is 16.4 Å². The zero-order valence-corrected chi connectivity index (χ0v) is 14.6. The molecule has 2 aromatic rings. The quantitative estimate of drug-likeness (QED) is 0.837. The fourth-order valence-corrected chi connectivity index (χ4v) is 2.58. The van der Waals surface area contributed by atoms with Gasteiger partial charge in [-0.05, 0) is 12.8 Å². The van der Waals surface area contributed by atoms with Crippen molar-refractivity contribution in [3.63, 3.8) is 0 Å². The van der Waals surface area contributed by atoms with E-state index in [4.69, 9.17) is 11.5 Å². The number of anilines is 2. The Bertz CT molecular complexity index is 599. The minimum Gasteiger partial charge on any atom is -0.368 e. The number of aromatic nitrogens is 4. The molecule has 0 amide bonds. The van der Waals surface area contributed by atoms with E-state index in [0.717, 1.165) is 37.4 Å². The second-order valence-corrected chi connectivity index (χ2v) is 5.66. The first-order valence-corrected chi connectivity index (χ1v) is 7.18. The Morgan fingerprint density at radius 3 is 2.65 bits per heavy atom. The number of nitrogens with zero attached hydrogens (tertiary/aromatic N) is 5. The van der Waals surface area contributed by atoms with Gasteiger partial charge in [0.15, 0.2) is 0 Å². The molecule has 3 rings (SSSR count). The van der Waals surface area contributed by atoms with Crippen molar-refractivity contribution in [2.75, 3.05) is 24.2 Å². The van der Waals surface area contributed by atoms with Gasteiger partial charge in [-0.1, -0.05) is 0 Å². The number of hydrogen-bond donors (Lipinski definition) is 2. The van der Waals surface area contributed by atoms with Gasteiger partial charge in [-0.3, -0.25) is 0 Å². The Kier molecular flexibility index (Phi) is 7.05. The number of halogens is 2. The first-order valence-electron chi connectivity index (χ1n) is 7.18. The number of imidazole rings is 1. The third-order valence-corrected chi connectivity index (χ3v) is 3.99. The van der Waals surface area contributed by atoms with Crippen LogP contribution in [0.3, 0.4) is 0 Å². The molecule has 0 saturated heterocycles. The number of hydrogen-bond acceptors (Lipinski definition) is 6. The summed E-state index contributed by atoms with van der Waals surface area (Å²) in [5.74, 6) is 1.61. The van der Waals surface area contributed by atoms with Crippen LogP contribution in [0.5, 0.6) is 0 Å². The second-order valence-electron chi connectivity index (χ2n) is 5.66. The summed E-state index contributed by atoms with van der Waals surface area (Å²) in [6.07, 6.45) is 7.50. The van der Waals surface area contributed by atoms with E-state index in [9.17, 15) is 0 Å². The summed E-state index contributed by atoms with van der Waals surface area (Å²) in [7, 11) is 2.01. The molecule has 1 saturated carbocycles. The SMILES string of the molecule is CN(CCn1ccnc1)c1cc(C2CC(N)C2)nc(N)n1.Cl.Cl. The van der Waals surface area contributed by atoms with E-state index in [0.29, 0.717) is 17.9 Å². The molecule has 0 atom stereocenters. The van der Waals surface area contributed by atoms with Gasteiger partial charge in [-0.25, -0.2) is 9.97 Å². The molecule has 7 nitrogen and oxygen atoms in total. The third kappa shape index (κ3) is 4.70. The van der Waals surface area contributed by atoms with Crippen LogP contribution in [0.15, 0.2) is 24.8 Å². The Morgan fingerprint density at radius 2 is 2.04 bits per heavy atom. The van der Waals surface area contributed by atoms with Gasteiger partial charge in [-0.15, -0.1) is 24.8 Å². The van der Waals surface area contributed by atoms with Crippen molar-refractivity contribution in [2.24, 2.45) is 5.73 Å². The zero-order chi connectivity index (χ0) is 14.8. The molecule has 0 bridgehead atoms. The lowest BCUT2D eigenvalue weighted by molar-refractivity contribution is 0.345. The van der Waals surface area contributed by atoms with Crippen LogP contribution in [0.4, 0.5) is 11.8 Å². The van der Waals surface area contributed by atoms with Crippen molar-refractivity contribution in [1.29, 1.82) is 0 Å². The van der Waals surface area contributed by atoms with Crippen molar-refractivity contribution >= 4 is 36.6 Å². The van der Waals surface area contributed by atoms with E-state index in [2.05, 4.69) is 19.9 Å². The van der Waals surface area contributed by atoms with Crippen LogP contribution in [0.2, 0.25) is 0 Å². The van der Waals surface area contributed by atoms with Crippen molar-refractivity contribution < 1.29 is 0 Å². The number of likely N-dealkylation sites (N-methyl/N-ethyl adjacent to an activating group) is 1. The van der Waals surface area contributed by atoms with Crippen molar-refractivity contribution in [1.82, 2.24) is 19.5 Å². The fourth-order valence-electron chi connectivity index (χ4n) is 2.58. The topological polar surface area (TPSA) is 98.9 Å². The molecule has 1 fully saturated rings. The fraction of sp³-hybridized carbons (Fsp3) is 0.500. The molecule has 2 aromatic heterocycles. The molecular weight excluding hydrogens is 337 g/mol. The van der Waals surface area contributed by atoms with Gasteiger partial charge in [0.2, 0.25) is 5.95 Å². The van der Waals surface area contributed by atoms with Crippen LogP contribution in [0.1, 0.15) is 24.5 Å². The van der Waals surface area contributed by atoms with Crippen LogP contribution in [-0.4, -0.2) is 39.2 Å². The molecule has 0 spiro atoms. The van der Waals surface area contributed by atoms with Gasteiger partial charge in [0, 0.05) is 50.6 Å². The van der Waals surface area contributed by atoms with Crippen LogP contribution in [0.25, 0.3) is 0 Å². The van der Waals surface area contributed by atoms with E-state index >= 15 is 0 Å². The number of nitrogens with two attached hydrogens (primary N) is 2. The average molecular weight is 360 g/mol. The molecule has 0 aromatic carbocycles. The Labute approximate surface area is 148 Å². The lowest BCUT2D eigenvalue weighted by Gasteiger charge is -2.32. The highest BCUT2D eigenvalue weighted by atomic mass is 35.5. The summed E-state index contributed by atoms with van der Waals surface area (Å²) >= 11 is 0. The average Bonchev–Trinajstić information content (AvgIpc) is 2.94. The van der Waals surface area contributed by atoms with Gasteiger partial charge in [0.25, 0.3) is 0 Å². The maximum atomic E-state index is 5.85. The first kappa shape index (κ1) is 19.5. The van der Waals surface area contributed by atoms with E-state index in [-0.39, 0.29) is 24.8 Å². The maximum absolute atomic E-state index is 5.85. The molecule has 0 aliphatic heterocycles. The summed E-state index contributed by atoms with van der Waals surface area (Å²) in [6.45, 7) is 1.68. The third-order valence-electron chi connectivity index (χ3n) is 3.99. The normalized spacial score (nSPS) is 19.2. The summed E-state index contributed by atoms with van der Waals surface area (Å²) in [6, 6.07) is 2.33. The largest absolute Gasteiger partial charge is 0.368 e. The van der Waals surface area contributed by atoms with Gasteiger partial charge in [-0.2, -0.15) is 4.98 Å². The Hall–Kier alpha value is -1.57. The highest BCUT2D eigenvalue weighted by molar-refractivity contribution is 5.85. The molecule has 9 heteroatoms. The minimum atomic E-state index is 0. The minimum absolute atomic E-state index is 0. The lowest BCUT2D eigenvalue weighted by Crippen LogP contribution is -2.35. The van der Waals surface area contributed by atoms with Crippen LogP contribution >= 0.6 is 24.8 Å². The van der Waals surface area contributed by atoms with E-state index < -0.39 is 0 Å². The van der Waals surface area contributed by atoms with Gasteiger partial charge in [0.05, 0.1) is 12.0 Å². The molecule has 2 heterocycles. The van der Waals surface area contributed by atoms with Gasteiger partial charge < -0.3 is 20.9 Å². The number of rotatable bonds is 5. The molecule has 23 heavy (non-hydrogen) atoms. The van der Waals surface area contributed by atoms with Gasteiger partial charge >= 0.3 is 0 Å². The van der Waals surface area contributed by atoms with Crippen molar-refractivity contribution in [3.05, 3.63) is 30.5 Å². The molecule has 0 radical (unpaired) electrons. The van der Waals surface area contributed by atoms with Crippen LogP contribution in [-0.2, 0) is 6.54 Å². The van der Waals surface area contributed by atoms with E-state index in [1.165, 1.54) is 0 Å². The first-order chi connectivity index (χ1) is 10.1. The Balaban J connectivity index is 0.00000132. The zero-order valence-electron chi connectivity index (χ0n) is 13.0. The molecule has 0 unspecified atom stereocenters. The van der Waals surface area contributed by atoms with Crippen LogP contribution in [0, 0.1) is 0 Å². The second kappa shape index (κ2) is 8.33. The predicted molar refractivity (Wildman–Crippen MR) is 96.4 cm³/mol. The molecular formula is C14H23Cl2N7. The monoisotopic (exact) mass is 359 g/mol. The lowest BCUT2D eigenvalue weighted by atomic mass is 9.78. The van der Waals surface area contributed by atoms with Crippen molar-refractivity contribution in [3.8, 4) is 0 Å². The maximum Gasteiger partial charge on any atom is 0.222 e. The Morgan fingerprint density at radius 1 is 1.30 bits per heavy atom. The summed E-state index contributed by atoms with van der Waals surface area (Å²) in [5, 5.41) is 0. The van der Waals surface area contributed by atoms with Gasteiger partial charge in [0.1, 0.15) is 5.82 Å². The number of nitrogen functional groups attached to an aromatic ring is 1. The van der Waals surface area contributed by atoms with Crippen molar-refractivity contribution in [2.45, 2.75) is 31.3 Å². The standard InChI is InChI=1S/C14H21N7.2ClH/c1-20(4-5-21-3-2-17-9-21)13-8-12(18-14(16)19-13)10-6-11(15)7-10;;/h2-3,8-11H,4-7,15H2,1H3,(H2,16,18,19);2*1H. The smallest absolute Gasteiger partial charge is 0.222 e. The predicted octanol–water partition coefficient (Wildman–Crippen LogP) is 1.44. The molecule has 4 N–H and O–H groups in total. The molecule has 1 aliphatic carbocycles. The van der Waals surface area contributed by atoms with E-state index in [1.54, 1.807) is 6.20 Å².